The first kappa shape index (κ1) is 11.4. The number of aromatic nitrogens is 2. The molecule has 0 atom stereocenters. The summed E-state index contributed by atoms with van der Waals surface area (Å²) in [4.78, 5) is 10.6. The van der Waals surface area contributed by atoms with Crippen molar-refractivity contribution in [3.05, 3.63) is 61.1 Å². The third kappa shape index (κ3) is 2.60. The maximum atomic E-state index is 4.26. The molecule has 0 saturated carbocycles. The van der Waals surface area contributed by atoms with Crippen molar-refractivity contribution in [2.75, 3.05) is 0 Å². The first-order chi connectivity index (χ1) is 8.92. The third-order valence-corrected chi connectivity index (χ3v) is 4.62. The lowest BCUT2D eigenvalue weighted by molar-refractivity contribution is 1.18. The molecular weight excluding hydrogens is 260 g/mol. The molecule has 0 radical (unpaired) electrons. The van der Waals surface area contributed by atoms with Crippen LogP contribution in [0.3, 0.4) is 0 Å². The largest absolute Gasteiger partial charge is 0.245 e. The molecule has 4 heteroatoms. The van der Waals surface area contributed by atoms with E-state index in [9.17, 15) is 0 Å². The highest BCUT2D eigenvalue weighted by molar-refractivity contribution is 8.01. The predicted octanol–water partition coefficient (Wildman–Crippen LogP) is 4.36. The summed E-state index contributed by atoms with van der Waals surface area (Å²) in [6, 6.07) is 16.6. The molecule has 0 amide bonds. The Labute approximate surface area is 114 Å². The van der Waals surface area contributed by atoms with E-state index < -0.39 is 0 Å². The standard InChI is InChI=1S/C14H10N2S2/c1-2-4-11(5-3-1)17-14-7-6-13(18-14)12-8-9-15-10-16-12/h1-10H. The van der Waals surface area contributed by atoms with E-state index in [0.717, 1.165) is 5.69 Å². The quantitative estimate of drug-likeness (QED) is 0.707. The van der Waals surface area contributed by atoms with Gasteiger partial charge in [0, 0.05) is 11.1 Å². The summed E-state index contributed by atoms with van der Waals surface area (Å²) in [5.41, 5.74) is 0.981. The fourth-order valence-corrected chi connectivity index (χ4v) is 3.65. The number of thiophene rings is 1. The van der Waals surface area contributed by atoms with Crippen molar-refractivity contribution in [1.82, 2.24) is 9.97 Å². The minimum atomic E-state index is 0.981. The summed E-state index contributed by atoms with van der Waals surface area (Å²) in [6.07, 6.45) is 3.35. The van der Waals surface area contributed by atoms with Gasteiger partial charge in [-0.15, -0.1) is 11.3 Å². The summed E-state index contributed by atoms with van der Waals surface area (Å²) < 4.78 is 1.27. The average molecular weight is 270 g/mol. The van der Waals surface area contributed by atoms with Crippen molar-refractivity contribution in [2.45, 2.75) is 9.10 Å². The minimum absolute atomic E-state index is 0.981. The maximum absolute atomic E-state index is 4.26. The Balaban J connectivity index is 1.82. The fraction of sp³-hybridized carbons (Fsp3) is 0. The summed E-state index contributed by atoms with van der Waals surface area (Å²) in [7, 11) is 0. The van der Waals surface area contributed by atoms with E-state index in [1.54, 1.807) is 35.6 Å². The van der Waals surface area contributed by atoms with Crippen LogP contribution < -0.4 is 0 Å². The summed E-state index contributed by atoms with van der Waals surface area (Å²) in [6.45, 7) is 0. The SMILES string of the molecule is c1ccc(Sc2ccc(-c3ccncn3)s2)cc1. The molecule has 2 aromatic heterocycles. The lowest BCUT2D eigenvalue weighted by Gasteiger charge is -1.97. The van der Waals surface area contributed by atoms with E-state index in [1.165, 1.54) is 14.0 Å². The molecule has 0 aliphatic heterocycles. The molecule has 18 heavy (non-hydrogen) atoms. The van der Waals surface area contributed by atoms with E-state index in [2.05, 4.69) is 46.4 Å². The van der Waals surface area contributed by atoms with Gasteiger partial charge in [-0.3, -0.25) is 0 Å². The molecule has 0 unspecified atom stereocenters. The molecule has 3 aromatic rings. The summed E-state index contributed by atoms with van der Waals surface area (Å²) in [5.74, 6) is 0. The molecule has 2 nitrogen and oxygen atoms in total. The van der Waals surface area contributed by atoms with Crippen molar-refractivity contribution in [2.24, 2.45) is 0 Å². The number of hydrogen-bond donors (Lipinski definition) is 0. The molecule has 0 saturated heterocycles. The Bertz CT molecular complexity index is 621. The van der Waals surface area contributed by atoms with Crippen LogP contribution in [0, 0.1) is 0 Å². The molecule has 0 aliphatic rings. The molecule has 0 N–H and O–H groups in total. The van der Waals surface area contributed by atoms with Crippen LogP contribution in [0.1, 0.15) is 0 Å². The van der Waals surface area contributed by atoms with Gasteiger partial charge in [-0.05, 0) is 30.3 Å². The van der Waals surface area contributed by atoms with Gasteiger partial charge in [-0.1, -0.05) is 30.0 Å². The number of hydrogen-bond acceptors (Lipinski definition) is 4. The third-order valence-electron chi connectivity index (χ3n) is 2.38. The van der Waals surface area contributed by atoms with Crippen LogP contribution in [0.4, 0.5) is 0 Å². The van der Waals surface area contributed by atoms with Gasteiger partial charge in [0.2, 0.25) is 0 Å². The topological polar surface area (TPSA) is 25.8 Å². The first-order valence-electron chi connectivity index (χ1n) is 5.51. The summed E-state index contributed by atoms with van der Waals surface area (Å²) in [5, 5.41) is 0. The van der Waals surface area contributed by atoms with Crippen molar-refractivity contribution in [1.29, 1.82) is 0 Å². The molecule has 88 valence electrons. The monoisotopic (exact) mass is 270 g/mol. The number of rotatable bonds is 3. The van der Waals surface area contributed by atoms with Gasteiger partial charge in [0.15, 0.2) is 0 Å². The van der Waals surface area contributed by atoms with Gasteiger partial charge < -0.3 is 0 Å². The van der Waals surface area contributed by atoms with Crippen LogP contribution in [0.15, 0.2) is 70.2 Å². The van der Waals surface area contributed by atoms with E-state index in [-0.39, 0.29) is 0 Å². The van der Waals surface area contributed by atoms with Crippen molar-refractivity contribution in [3.63, 3.8) is 0 Å². The van der Waals surface area contributed by atoms with Crippen molar-refractivity contribution >= 4 is 23.1 Å². The fourth-order valence-electron chi connectivity index (χ4n) is 1.55. The second-order valence-corrected chi connectivity index (χ2v) is 6.09. The van der Waals surface area contributed by atoms with Gasteiger partial charge in [-0.2, -0.15) is 0 Å². The van der Waals surface area contributed by atoms with Gasteiger partial charge in [0.25, 0.3) is 0 Å². The van der Waals surface area contributed by atoms with E-state index in [4.69, 9.17) is 0 Å². The van der Waals surface area contributed by atoms with Crippen molar-refractivity contribution in [3.8, 4) is 10.6 Å². The normalized spacial score (nSPS) is 10.4. The Morgan fingerprint density at radius 1 is 0.944 bits per heavy atom. The van der Waals surface area contributed by atoms with Crippen molar-refractivity contribution < 1.29 is 0 Å². The molecule has 1 aromatic carbocycles. The molecule has 2 heterocycles. The van der Waals surface area contributed by atoms with Gasteiger partial charge in [0.1, 0.15) is 6.33 Å². The lowest BCUT2D eigenvalue weighted by atomic mass is 10.3. The highest BCUT2D eigenvalue weighted by Gasteiger charge is 2.04. The molecule has 0 spiro atoms. The highest BCUT2D eigenvalue weighted by Crippen LogP contribution is 2.36. The molecular formula is C14H10N2S2. The Morgan fingerprint density at radius 3 is 2.61 bits per heavy atom. The highest BCUT2D eigenvalue weighted by atomic mass is 32.2. The van der Waals surface area contributed by atoms with Crippen LogP contribution >= 0.6 is 23.1 Å². The van der Waals surface area contributed by atoms with Gasteiger partial charge in [0.05, 0.1) is 14.8 Å². The Hall–Kier alpha value is -1.65. The maximum Gasteiger partial charge on any atom is 0.116 e. The Kier molecular flexibility index (Phi) is 3.39. The van der Waals surface area contributed by atoms with Crippen LogP contribution in [-0.4, -0.2) is 9.97 Å². The van der Waals surface area contributed by atoms with E-state index in [0.29, 0.717) is 0 Å². The second kappa shape index (κ2) is 5.33. The van der Waals surface area contributed by atoms with Crippen LogP contribution in [0.5, 0.6) is 0 Å². The molecule has 0 aliphatic carbocycles. The van der Waals surface area contributed by atoms with Crippen LogP contribution in [0.25, 0.3) is 10.6 Å². The predicted molar refractivity (Wildman–Crippen MR) is 75.9 cm³/mol. The smallest absolute Gasteiger partial charge is 0.116 e. The van der Waals surface area contributed by atoms with E-state index in [1.807, 2.05) is 12.1 Å². The van der Waals surface area contributed by atoms with Gasteiger partial charge >= 0.3 is 0 Å². The zero-order valence-corrected chi connectivity index (χ0v) is 11.1. The van der Waals surface area contributed by atoms with Gasteiger partial charge in [-0.25, -0.2) is 9.97 Å². The summed E-state index contributed by atoms with van der Waals surface area (Å²) >= 11 is 3.53. The first-order valence-corrected chi connectivity index (χ1v) is 7.14. The second-order valence-electron chi connectivity index (χ2n) is 3.63. The number of benzene rings is 1. The molecule has 0 bridgehead atoms. The molecule has 0 fully saturated rings. The lowest BCUT2D eigenvalue weighted by Crippen LogP contribution is -1.78. The zero-order valence-electron chi connectivity index (χ0n) is 9.48. The Morgan fingerprint density at radius 2 is 1.83 bits per heavy atom. The van der Waals surface area contributed by atoms with E-state index >= 15 is 0 Å². The zero-order chi connectivity index (χ0) is 12.2. The van der Waals surface area contributed by atoms with Crippen LogP contribution in [-0.2, 0) is 0 Å². The number of nitrogens with zero attached hydrogens (tertiary/aromatic N) is 2. The van der Waals surface area contributed by atoms with Crippen LogP contribution in [0.2, 0.25) is 0 Å². The average Bonchev–Trinajstić information content (AvgIpc) is 2.89. The molecule has 3 rings (SSSR count). The minimum Gasteiger partial charge on any atom is -0.245 e.